The number of thioether (sulfide) groups is 2. The Bertz CT molecular complexity index is 255. The van der Waals surface area contributed by atoms with Gasteiger partial charge in [-0.3, -0.25) is 9.80 Å². The van der Waals surface area contributed by atoms with Gasteiger partial charge in [0.05, 0.1) is 6.10 Å². The summed E-state index contributed by atoms with van der Waals surface area (Å²) in [7, 11) is 0. The van der Waals surface area contributed by atoms with Crippen molar-refractivity contribution < 1.29 is 5.11 Å². The predicted molar refractivity (Wildman–Crippen MR) is 92.0 cm³/mol. The molecular weight excluding hydrogens is 288 g/mol. The molecular formula is C15H30N2OS2. The molecule has 0 spiro atoms. The van der Waals surface area contributed by atoms with Crippen molar-refractivity contribution in [2.45, 2.75) is 44.9 Å². The average molecular weight is 319 g/mol. The van der Waals surface area contributed by atoms with Gasteiger partial charge in [0, 0.05) is 49.8 Å². The van der Waals surface area contributed by atoms with E-state index in [1.54, 1.807) is 0 Å². The van der Waals surface area contributed by atoms with Crippen molar-refractivity contribution in [1.29, 1.82) is 0 Å². The molecule has 0 saturated carbocycles. The van der Waals surface area contributed by atoms with Crippen LogP contribution in [0.4, 0.5) is 0 Å². The molecule has 2 heterocycles. The van der Waals surface area contributed by atoms with Crippen LogP contribution in [0.2, 0.25) is 0 Å². The van der Waals surface area contributed by atoms with E-state index in [0.717, 1.165) is 26.2 Å². The monoisotopic (exact) mass is 318 g/mol. The van der Waals surface area contributed by atoms with Crippen LogP contribution in [-0.2, 0) is 0 Å². The molecule has 2 rings (SSSR count). The fourth-order valence-corrected chi connectivity index (χ4v) is 5.17. The lowest BCUT2D eigenvalue weighted by molar-refractivity contribution is 0.0536. The smallest absolute Gasteiger partial charge is 0.0794 e. The molecule has 2 saturated heterocycles. The third-order valence-corrected chi connectivity index (χ3v) is 6.53. The van der Waals surface area contributed by atoms with Crippen LogP contribution < -0.4 is 0 Å². The van der Waals surface area contributed by atoms with Gasteiger partial charge in [-0.2, -0.15) is 23.5 Å². The molecule has 0 bridgehead atoms. The van der Waals surface area contributed by atoms with E-state index < -0.39 is 0 Å². The standard InChI is InChI=1S/C15H30N2OS2/c1-13-3-7-19-9-5-16(13)11-15(18)12-17-6-10-20-8-4-14(17)2/h13-15,18H,3-12H2,1-2H3. The molecule has 2 fully saturated rings. The SMILES string of the molecule is CC1CCSCCN1CC(O)CN1CCSCCC1C. The molecule has 0 aromatic heterocycles. The first-order valence-electron chi connectivity index (χ1n) is 7.98. The summed E-state index contributed by atoms with van der Waals surface area (Å²) < 4.78 is 0. The third-order valence-electron chi connectivity index (χ3n) is 4.54. The van der Waals surface area contributed by atoms with E-state index in [1.165, 1.54) is 35.9 Å². The second kappa shape index (κ2) is 8.89. The van der Waals surface area contributed by atoms with Gasteiger partial charge in [0.25, 0.3) is 0 Å². The van der Waals surface area contributed by atoms with Crippen LogP contribution >= 0.6 is 23.5 Å². The minimum absolute atomic E-state index is 0.203. The van der Waals surface area contributed by atoms with E-state index >= 15 is 0 Å². The zero-order valence-electron chi connectivity index (χ0n) is 13.0. The highest BCUT2D eigenvalue weighted by molar-refractivity contribution is 7.99. The van der Waals surface area contributed by atoms with Crippen molar-refractivity contribution in [2.75, 3.05) is 49.2 Å². The van der Waals surface area contributed by atoms with Gasteiger partial charge in [-0.25, -0.2) is 0 Å². The van der Waals surface area contributed by atoms with Crippen molar-refractivity contribution in [3.8, 4) is 0 Å². The molecule has 20 heavy (non-hydrogen) atoms. The highest BCUT2D eigenvalue weighted by Gasteiger charge is 2.23. The molecule has 1 N–H and O–H groups in total. The Kier molecular flexibility index (Phi) is 7.53. The van der Waals surface area contributed by atoms with Crippen molar-refractivity contribution in [3.05, 3.63) is 0 Å². The Balaban J connectivity index is 1.79. The zero-order chi connectivity index (χ0) is 14.4. The summed E-state index contributed by atoms with van der Waals surface area (Å²) in [4.78, 5) is 4.98. The highest BCUT2D eigenvalue weighted by atomic mass is 32.2. The normalized spacial score (nSPS) is 32.5. The first-order valence-corrected chi connectivity index (χ1v) is 10.3. The average Bonchev–Trinajstić information content (AvgIpc) is 2.73. The molecule has 3 nitrogen and oxygen atoms in total. The molecule has 5 heteroatoms. The van der Waals surface area contributed by atoms with Gasteiger partial charge in [-0.05, 0) is 38.2 Å². The van der Waals surface area contributed by atoms with Gasteiger partial charge >= 0.3 is 0 Å². The Morgan fingerprint density at radius 3 is 1.80 bits per heavy atom. The first kappa shape index (κ1) is 16.9. The van der Waals surface area contributed by atoms with E-state index in [4.69, 9.17) is 0 Å². The minimum atomic E-state index is -0.203. The molecule has 2 aliphatic rings. The summed E-state index contributed by atoms with van der Waals surface area (Å²) in [5.41, 5.74) is 0. The number of hydrogen-bond acceptors (Lipinski definition) is 5. The Labute approximate surface area is 132 Å². The summed E-state index contributed by atoms with van der Waals surface area (Å²) in [6.07, 6.45) is 2.31. The lowest BCUT2D eigenvalue weighted by atomic mass is 10.1. The Morgan fingerprint density at radius 1 is 0.900 bits per heavy atom. The molecule has 2 atom stereocenters. The summed E-state index contributed by atoms with van der Waals surface area (Å²) >= 11 is 4.11. The summed E-state index contributed by atoms with van der Waals surface area (Å²) in [6, 6.07) is 1.24. The maximum Gasteiger partial charge on any atom is 0.0794 e. The van der Waals surface area contributed by atoms with E-state index in [1.807, 2.05) is 0 Å². The molecule has 2 unspecified atom stereocenters. The number of aliphatic hydroxyl groups is 1. The van der Waals surface area contributed by atoms with Gasteiger partial charge in [0.2, 0.25) is 0 Å². The van der Waals surface area contributed by atoms with E-state index in [-0.39, 0.29) is 6.10 Å². The largest absolute Gasteiger partial charge is 0.390 e. The molecule has 0 aromatic rings. The second-order valence-electron chi connectivity index (χ2n) is 6.14. The van der Waals surface area contributed by atoms with Crippen LogP contribution in [-0.4, -0.2) is 82.3 Å². The summed E-state index contributed by atoms with van der Waals surface area (Å²) in [5.74, 6) is 4.98. The minimum Gasteiger partial charge on any atom is -0.390 e. The number of hydrogen-bond donors (Lipinski definition) is 1. The Morgan fingerprint density at radius 2 is 1.35 bits per heavy atom. The predicted octanol–water partition coefficient (Wildman–Crippen LogP) is 2.00. The lowest BCUT2D eigenvalue weighted by Crippen LogP contribution is -2.46. The van der Waals surface area contributed by atoms with Gasteiger partial charge in [-0.1, -0.05) is 0 Å². The van der Waals surface area contributed by atoms with Crippen LogP contribution in [0.3, 0.4) is 0 Å². The van der Waals surface area contributed by atoms with Crippen LogP contribution in [0.5, 0.6) is 0 Å². The molecule has 2 aliphatic heterocycles. The van der Waals surface area contributed by atoms with Gasteiger partial charge in [0.15, 0.2) is 0 Å². The van der Waals surface area contributed by atoms with Crippen molar-refractivity contribution in [3.63, 3.8) is 0 Å². The quantitative estimate of drug-likeness (QED) is 0.855. The van der Waals surface area contributed by atoms with Crippen molar-refractivity contribution in [2.24, 2.45) is 0 Å². The Hall–Kier alpha value is 0.580. The fourth-order valence-electron chi connectivity index (χ4n) is 3.02. The van der Waals surface area contributed by atoms with E-state index in [0.29, 0.717) is 12.1 Å². The number of nitrogens with zero attached hydrogens (tertiary/aromatic N) is 2. The zero-order valence-corrected chi connectivity index (χ0v) is 14.6. The molecule has 0 amide bonds. The summed E-state index contributed by atoms with van der Waals surface area (Å²) in [5, 5.41) is 10.5. The van der Waals surface area contributed by atoms with Gasteiger partial charge < -0.3 is 5.11 Å². The van der Waals surface area contributed by atoms with Crippen molar-refractivity contribution >= 4 is 23.5 Å². The fraction of sp³-hybridized carbons (Fsp3) is 1.00. The van der Waals surface area contributed by atoms with E-state index in [9.17, 15) is 5.11 Å². The topological polar surface area (TPSA) is 26.7 Å². The first-order chi connectivity index (χ1) is 9.66. The molecule has 0 aliphatic carbocycles. The van der Waals surface area contributed by atoms with Gasteiger partial charge in [-0.15, -0.1) is 0 Å². The molecule has 0 radical (unpaired) electrons. The van der Waals surface area contributed by atoms with Crippen LogP contribution in [0, 0.1) is 0 Å². The molecule has 0 aromatic carbocycles. The van der Waals surface area contributed by atoms with Crippen LogP contribution in [0.1, 0.15) is 26.7 Å². The van der Waals surface area contributed by atoms with E-state index in [2.05, 4.69) is 47.2 Å². The summed E-state index contributed by atoms with van der Waals surface area (Å²) in [6.45, 7) is 8.58. The van der Waals surface area contributed by atoms with Crippen molar-refractivity contribution in [1.82, 2.24) is 9.80 Å². The number of rotatable bonds is 4. The lowest BCUT2D eigenvalue weighted by Gasteiger charge is -2.33. The second-order valence-corrected chi connectivity index (χ2v) is 8.59. The van der Waals surface area contributed by atoms with Crippen LogP contribution in [0.15, 0.2) is 0 Å². The maximum absolute atomic E-state index is 10.5. The maximum atomic E-state index is 10.5. The highest BCUT2D eigenvalue weighted by Crippen LogP contribution is 2.18. The molecule has 118 valence electrons. The number of β-amino-alcohol motifs (C(OH)–C–C–N with tert-alkyl or cyclic N) is 1. The third kappa shape index (κ3) is 5.41. The number of aliphatic hydroxyl groups excluding tert-OH is 1. The van der Waals surface area contributed by atoms with Crippen LogP contribution in [0.25, 0.3) is 0 Å². The van der Waals surface area contributed by atoms with Gasteiger partial charge in [0.1, 0.15) is 0 Å².